The summed E-state index contributed by atoms with van der Waals surface area (Å²) in [4.78, 5) is 0. The highest BCUT2D eigenvalue weighted by Gasteiger charge is 2.44. The predicted molar refractivity (Wildman–Crippen MR) is 63.6 cm³/mol. The van der Waals surface area contributed by atoms with Gasteiger partial charge in [0.1, 0.15) is 5.75 Å². The summed E-state index contributed by atoms with van der Waals surface area (Å²) in [5.74, 6) is 0.770. The van der Waals surface area contributed by atoms with Gasteiger partial charge in [0.15, 0.2) is 0 Å². The molecule has 2 rings (SSSR count). The Bertz CT molecular complexity index is 409. The van der Waals surface area contributed by atoms with Gasteiger partial charge in [-0.15, -0.1) is 0 Å². The van der Waals surface area contributed by atoms with Gasteiger partial charge in [-0.05, 0) is 43.9 Å². The SMILES string of the molecule is COc1cc(C)cc(C)c1C1(O)CC(N)C1. The average Bonchev–Trinajstić information content (AvgIpc) is 2.13. The second-order valence-corrected chi connectivity index (χ2v) is 4.86. The zero-order chi connectivity index (χ0) is 11.9. The van der Waals surface area contributed by atoms with Crippen molar-refractivity contribution < 1.29 is 9.84 Å². The first-order valence-corrected chi connectivity index (χ1v) is 5.60. The van der Waals surface area contributed by atoms with E-state index in [1.807, 2.05) is 19.9 Å². The van der Waals surface area contributed by atoms with Crippen LogP contribution in [0.15, 0.2) is 12.1 Å². The maximum atomic E-state index is 10.5. The summed E-state index contributed by atoms with van der Waals surface area (Å²) in [6.45, 7) is 4.03. The Morgan fingerprint density at radius 3 is 2.50 bits per heavy atom. The normalized spacial score (nSPS) is 28.7. The van der Waals surface area contributed by atoms with Gasteiger partial charge in [-0.3, -0.25) is 0 Å². The first kappa shape index (κ1) is 11.4. The van der Waals surface area contributed by atoms with Gasteiger partial charge < -0.3 is 15.6 Å². The molecule has 0 saturated heterocycles. The molecular weight excluding hydrogens is 202 g/mol. The predicted octanol–water partition coefficient (Wildman–Crippen LogP) is 1.62. The van der Waals surface area contributed by atoms with E-state index < -0.39 is 5.60 Å². The van der Waals surface area contributed by atoms with Crippen LogP contribution in [0.4, 0.5) is 0 Å². The number of nitrogens with two attached hydrogens (primary N) is 1. The Morgan fingerprint density at radius 1 is 1.38 bits per heavy atom. The molecule has 0 aromatic heterocycles. The lowest BCUT2D eigenvalue weighted by Gasteiger charge is -2.43. The van der Waals surface area contributed by atoms with Gasteiger partial charge in [0.05, 0.1) is 12.7 Å². The number of hydrogen-bond acceptors (Lipinski definition) is 3. The Morgan fingerprint density at radius 2 is 2.00 bits per heavy atom. The van der Waals surface area contributed by atoms with Crippen molar-refractivity contribution in [2.24, 2.45) is 5.73 Å². The molecule has 1 fully saturated rings. The minimum absolute atomic E-state index is 0.107. The van der Waals surface area contributed by atoms with E-state index >= 15 is 0 Å². The zero-order valence-electron chi connectivity index (χ0n) is 10.1. The lowest BCUT2D eigenvalue weighted by atomic mass is 9.70. The molecule has 1 saturated carbocycles. The van der Waals surface area contributed by atoms with Gasteiger partial charge >= 0.3 is 0 Å². The van der Waals surface area contributed by atoms with Gasteiger partial charge in [-0.25, -0.2) is 0 Å². The molecule has 0 radical (unpaired) electrons. The van der Waals surface area contributed by atoms with Crippen molar-refractivity contribution in [2.45, 2.75) is 38.3 Å². The second kappa shape index (κ2) is 3.75. The van der Waals surface area contributed by atoms with Crippen molar-refractivity contribution in [2.75, 3.05) is 7.11 Å². The Labute approximate surface area is 96.2 Å². The van der Waals surface area contributed by atoms with Crippen LogP contribution in [-0.4, -0.2) is 18.3 Å². The lowest BCUT2D eigenvalue weighted by molar-refractivity contribution is -0.0543. The maximum absolute atomic E-state index is 10.5. The van der Waals surface area contributed by atoms with E-state index in [4.69, 9.17) is 10.5 Å². The van der Waals surface area contributed by atoms with Crippen LogP contribution in [0.1, 0.15) is 29.5 Å². The molecule has 1 aromatic rings. The third kappa shape index (κ3) is 1.70. The van der Waals surface area contributed by atoms with Crippen LogP contribution in [0.25, 0.3) is 0 Å². The fourth-order valence-electron chi connectivity index (χ4n) is 2.70. The van der Waals surface area contributed by atoms with Crippen LogP contribution >= 0.6 is 0 Å². The second-order valence-electron chi connectivity index (χ2n) is 4.86. The fraction of sp³-hybridized carbons (Fsp3) is 0.538. The molecular formula is C13H19NO2. The van der Waals surface area contributed by atoms with Crippen LogP contribution in [0.3, 0.4) is 0 Å². The van der Waals surface area contributed by atoms with Crippen LogP contribution < -0.4 is 10.5 Å². The highest BCUT2D eigenvalue weighted by Crippen LogP contribution is 2.46. The number of aryl methyl sites for hydroxylation is 2. The molecule has 3 heteroatoms. The number of rotatable bonds is 2. The molecule has 16 heavy (non-hydrogen) atoms. The molecule has 0 atom stereocenters. The fourth-order valence-corrected chi connectivity index (χ4v) is 2.70. The van der Waals surface area contributed by atoms with E-state index in [0.717, 1.165) is 22.4 Å². The first-order chi connectivity index (χ1) is 7.46. The van der Waals surface area contributed by atoms with E-state index in [2.05, 4.69) is 6.07 Å². The molecule has 0 heterocycles. The third-order valence-corrected chi connectivity index (χ3v) is 3.33. The number of methoxy groups -OCH3 is 1. The minimum atomic E-state index is -0.789. The topological polar surface area (TPSA) is 55.5 Å². The van der Waals surface area contributed by atoms with Gasteiger partial charge in [-0.1, -0.05) is 6.07 Å². The molecule has 0 bridgehead atoms. The molecule has 88 valence electrons. The summed E-state index contributed by atoms with van der Waals surface area (Å²) >= 11 is 0. The lowest BCUT2D eigenvalue weighted by Crippen LogP contribution is -2.49. The molecule has 0 unspecified atom stereocenters. The number of ether oxygens (including phenoxy) is 1. The van der Waals surface area contributed by atoms with Crippen molar-refractivity contribution in [3.05, 3.63) is 28.8 Å². The average molecular weight is 221 g/mol. The Balaban J connectivity index is 2.47. The Kier molecular flexibility index (Phi) is 2.68. The van der Waals surface area contributed by atoms with Crippen molar-refractivity contribution >= 4 is 0 Å². The first-order valence-electron chi connectivity index (χ1n) is 5.60. The van der Waals surface area contributed by atoms with Gasteiger partial charge in [0.2, 0.25) is 0 Å². The largest absolute Gasteiger partial charge is 0.496 e. The molecule has 0 spiro atoms. The van der Waals surface area contributed by atoms with Crippen LogP contribution in [0.5, 0.6) is 5.75 Å². The highest BCUT2D eigenvalue weighted by atomic mass is 16.5. The maximum Gasteiger partial charge on any atom is 0.125 e. The Hall–Kier alpha value is -1.06. The monoisotopic (exact) mass is 221 g/mol. The van der Waals surface area contributed by atoms with E-state index in [-0.39, 0.29) is 6.04 Å². The zero-order valence-corrected chi connectivity index (χ0v) is 10.1. The van der Waals surface area contributed by atoms with Crippen LogP contribution in [0.2, 0.25) is 0 Å². The molecule has 1 aliphatic carbocycles. The van der Waals surface area contributed by atoms with Gasteiger partial charge in [0, 0.05) is 11.6 Å². The minimum Gasteiger partial charge on any atom is -0.496 e. The molecule has 1 aromatic carbocycles. The van der Waals surface area contributed by atoms with E-state index in [1.165, 1.54) is 0 Å². The molecule has 3 N–H and O–H groups in total. The summed E-state index contributed by atoms with van der Waals surface area (Å²) < 4.78 is 5.36. The molecule has 3 nitrogen and oxygen atoms in total. The summed E-state index contributed by atoms with van der Waals surface area (Å²) in [5, 5.41) is 10.5. The third-order valence-electron chi connectivity index (χ3n) is 3.33. The van der Waals surface area contributed by atoms with Gasteiger partial charge in [-0.2, -0.15) is 0 Å². The van der Waals surface area contributed by atoms with Crippen LogP contribution in [0, 0.1) is 13.8 Å². The number of benzene rings is 1. The van der Waals surface area contributed by atoms with E-state index in [9.17, 15) is 5.11 Å². The van der Waals surface area contributed by atoms with E-state index in [0.29, 0.717) is 12.8 Å². The summed E-state index contributed by atoms with van der Waals surface area (Å²) in [7, 11) is 1.64. The van der Waals surface area contributed by atoms with Gasteiger partial charge in [0.25, 0.3) is 0 Å². The highest BCUT2D eigenvalue weighted by molar-refractivity contribution is 5.47. The summed E-state index contributed by atoms with van der Waals surface area (Å²) in [5.41, 5.74) is 8.10. The molecule has 0 aliphatic heterocycles. The van der Waals surface area contributed by atoms with Crippen molar-refractivity contribution in [3.8, 4) is 5.75 Å². The molecule has 1 aliphatic rings. The quantitative estimate of drug-likeness (QED) is 0.798. The number of hydrogen-bond donors (Lipinski definition) is 2. The van der Waals surface area contributed by atoms with Crippen molar-refractivity contribution in [1.82, 2.24) is 0 Å². The molecule has 0 amide bonds. The standard InChI is InChI=1S/C13H19NO2/c1-8-4-9(2)12(11(5-8)16-3)13(15)6-10(14)7-13/h4-5,10,15H,6-7,14H2,1-3H3. The van der Waals surface area contributed by atoms with Crippen molar-refractivity contribution in [3.63, 3.8) is 0 Å². The number of aliphatic hydroxyl groups is 1. The van der Waals surface area contributed by atoms with Crippen LogP contribution in [-0.2, 0) is 5.60 Å². The summed E-state index contributed by atoms with van der Waals surface area (Å²) in [6, 6.07) is 4.14. The summed E-state index contributed by atoms with van der Waals surface area (Å²) in [6.07, 6.45) is 1.24. The van der Waals surface area contributed by atoms with E-state index in [1.54, 1.807) is 7.11 Å². The van der Waals surface area contributed by atoms with Crippen molar-refractivity contribution in [1.29, 1.82) is 0 Å². The smallest absolute Gasteiger partial charge is 0.125 e.